The lowest BCUT2D eigenvalue weighted by Crippen LogP contribution is -2.46. The first-order valence-electron chi connectivity index (χ1n) is 8.16. The Labute approximate surface area is 158 Å². The zero-order valence-corrected chi connectivity index (χ0v) is 16.1. The van der Waals surface area contributed by atoms with Crippen LogP contribution in [0.4, 0.5) is 5.13 Å². The van der Waals surface area contributed by atoms with Crippen molar-refractivity contribution in [3.8, 4) is 11.3 Å². The number of carbonyl (C=O) groups excluding carboxylic acids is 1. The van der Waals surface area contributed by atoms with Crippen molar-refractivity contribution in [2.45, 2.75) is 26.7 Å². The van der Waals surface area contributed by atoms with Gasteiger partial charge < -0.3 is 15.8 Å². The largest absolute Gasteiger partial charge is 0.381 e. The number of nitrogens with two attached hydrogens (primary N) is 1. The summed E-state index contributed by atoms with van der Waals surface area (Å²) in [7, 11) is 0. The molecule has 136 valence electrons. The van der Waals surface area contributed by atoms with Crippen LogP contribution in [0.15, 0.2) is 23.6 Å². The molecule has 3 rings (SSSR count). The predicted octanol–water partition coefficient (Wildman–Crippen LogP) is 3.54. The summed E-state index contributed by atoms with van der Waals surface area (Å²) in [5.74, 6) is -0.0465. The molecule has 2 heterocycles. The summed E-state index contributed by atoms with van der Waals surface area (Å²) in [6.45, 7) is 5.64. The maximum absolute atomic E-state index is 12.7. The Morgan fingerprint density at radius 1 is 1.36 bits per heavy atom. The van der Waals surface area contributed by atoms with Gasteiger partial charge in [0.2, 0.25) is 5.91 Å². The van der Waals surface area contributed by atoms with Crippen LogP contribution in [0.1, 0.15) is 24.0 Å². The Kier molecular flexibility index (Phi) is 6.57. The molecule has 1 saturated heterocycles. The van der Waals surface area contributed by atoms with Gasteiger partial charge in [-0.3, -0.25) is 4.79 Å². The topological polar surface area (TPSA) is 77.2 Å². The molecule has 0 saturated carbocycles. The van der Waals surface area contributed by atoms with Crippen LogP contribution in [0.3, 0.4) is 0 Å². The minimum atomic E-state index is -0.538. The van der Waals surface area contributed by atoms with Crippen molar-refractivity contribution in [2.24, 2.45) is 11.1 Å². The smallest absolute Gasteiger partial charge is 0.233 e. The summed E-state index contributed by atoms with van der Waals surface area (Å²) in [6.07, 6.45) is 1.31. The lowest BCUT2D eigenvalue weighted by Gasteiger charge is -2.34. The summed E-state index contributed by atoms with van der Waals surface area (Å²) in [5.41, 5.74) is 9.74. The van der Waals surface area contributed by atoms with Crippen LogP contribution in [0, 0.1) is 19.3 Å². The second-order valence-electron chi connectivity index (χ2n) is 6.41. The highest BCUT2D eigenvalue weighted by molar-refractivity contribution is 7.14. The Hall–Kier alpha value is -1.47. The number of carbonyl (C=O) groups is 1. The molecule has 0 atom stereocenters. The van der Waals surface area contributed by atoms with Crippen LogP contribution in [-0.2, 0) is 9.53 Å². The molecule has 1 aliphatic heterocycles. The molecule has 2 aromatic rings. The number of thiazole rings is 1. The highest BCUT2D eigenvalue weighted by Gasteiger charge is 2.39. The first kappa shape index (κ1) is 19.8. The van der Waals surface area contributed by atoms with Gasteiger partial charge in [0, 0.05) is 30.7 Å². The van der Waals surface area contributed by atoms with E-state index in [1.54, 1.807) is 0 Å². The number of halogens is 1. The van der Waals surface area contributed by atoms with E-state index >= 15 is 0 Å². The van der Waals surface area contributed by atoms with Crippen LogP contribution >= 0.6 is 23.7 Å². The second-order valence-corrected chi connectivity index (χ2v) is 7.27. The Balaban J connectivity index is 0.00000225. The van der Waals surface area contributed by atoms with Gasteiger partial charge in [-0.2, -0.15) is 0 Å². The van der Waals surface area contributed by atoms with Crippen LogP contribution in [0.2, 0.25) is 0 Å². The number of ether oxygens (including phenoxy) is 1. The van der Waals surface area contributed by atoms with E-state index < -0.39 is 5.41 Å². The number of aryl methyl sites for hydroxylation is 2. The molecular weight excluding hydrogens is 358 g/mol. The van der Waals surface area contributed by atoms with Crippen molar-refractivity contribution in [1.82, 2.24) is 4.98 Å². The monoisotopic (exact) mass is 381 g/mol. The molecular formula is C18H24ClN3O2S. The summed E-state index contributed by atoms with van der Waals surface area (Å²) < 4.78 is 5.36. The third kappa shape index (κ3) is 4.20. The van der Waals surface area contributed by atoms with Gasteiger partial charge in [0.25, 0.3) is 0 Å². The van der Waals surface area contributed by atoms with Gasteiger partial charge in [0.1, 0.15) is 0 Å². The first-order valence-corrected chi connectivity index (χ1v) is 9.04. The van der Waals surface area contributed by atoms with Gasteiger partial charge in [0.15, 0.2) is 5.13 Å². The minimum Gasteiger partial charge on any atom is -0.381 e. The maximum Gasteiger partial charge on any atom is 0.233 e. The molecule has 1 amide bonds. The van der Waals surface area contributed by atoms with Crippen LogP contribution in [0.5, 0.6) is 0 Å². The Morgan fingerprint density at radius 2 is 2.08 bits per heavy atom. The van der Waals surface area contributed by atoms with Crippen molar-refractivity contribution >= 4 is 34.8 Å². The van der Waals surface area contributed by atoms with E-state index in [0.29, 0.717) is 37.7 Å². The minimum absolute atomic E-state index is 0. The van der Waals surface area contributed by atoms with Gasteiger partial charge >= 0.3 is 0 Å². The van der Waals surface area contributed by atoms with Gasteiger partial charge in [-0.25, -0.2) is 4.98 Å². The van der Waals surface area contributed by atoms with E-state index in [4.69, 9.17) is 10.5 Å². The Morgan fingerprint density at radius 3 is 2.72 bits per heavy atom. The van der Waals surface area contributed by atoms with E-state index in [9.17, 15) is 4.79 Å². The standard InChI is InChI=1S/C18H23N3O2S.ClH/c1-12-3-4-14(13(2)9-12)15-10-24-17(20-15)21-16(22)18(11-19)5-7-23-8-6-18;/h3-4,9-10H,5-8,11,19H2,1-2H3,(H,20,21,22);1H. The molecule has 5 nitrogen and oxygen atoms in total. The number of amides is 1. The fourth-order valence-corrected chi connectivity index (χ4v) is 3.78. The second kappa shape index (κ2) is 8.27. The van der Waals surface area contributed by atoms with Gasteiger partial charge in [-0.1, -0.05) is 23.8 Å². The molecule has 7 heteroatoms. The lowest BCUT2D eigenvalue weighted by atomic mass is 9.79. The third-order valence-corrected chi connectivity index (χ3v) is 5.46. The van der Waals surface area contributed by atoms with E-state index in [-0.39, 0.29) is 18.3 Å². The molecule has 0 bridgehead atoms. The van der Waals surface area contributed by atoms with Crippen molar-refractivity contribution < 1.29 is 9.53 Å². The van der Waals surface area contributed by atoms with Crippen LogP contribution < -0.4 is 11.1 Å². The Bertz CT molecular complexity index is 742. The average Bonchev–Trinajstić information content (AvgIpc) is 3.03. The molecule has 0 spiro atoms. The third-order valence-electron chi connectivity index (χ3n) is 4.70. The summed E-state index contributed by atoms with van der Waals surface area (Å²) in [5, 5.41) is 5.56. The van der Waals surface area contributed by atoms with E-state index in [1.807, 2.05) is 5.38 Å². The maximum atomic E-state index is 12.7. The predicted molar refractivity (Wildman–Crippen MR) is 104 cm³/mol. The first-order chi connectivity index (χ1) is 11.5. The van der Waals surface area contributed by atoms with Crippen molar-refractivity contribution in [1.29, 1.82) is 0 Å². The van der Waals surface area contributed by atoms with E-state index in [1.165, 1.54) is 22.5 Å². The van der Waals surface area contributed by atoms with Crippen molar-refractivity contribution in [3.63, 3.8) is 0 Å². The highest BCUT2D eigenvalue weighted by atomic mass is 35.5. The highest BCUT2D eigenvalue weighted by Crippen LogP contribution is 2.33. The number of hydrogen-bond donors (Lipinski definition) is 2. The summed E-state index contributed by atoms with van der Waals surface area (Å²) >= 11 is 1.44. The SMILES string of the molecule is Cc1ccc(-c2csc(NC(=O)C3(CN)CCOCC3)n2)c(C)c1.Cl. The van der Waals surface area contributed by atoms with Crippen molar-refractivity contribution in [3.05, 3.63) is 34.7 Å². The average molecular weight is 382 g/mol. The van der Waals surface area contributed by atoms with Gasteiger partial charge in [-0.15, -0.1) is 23.7 Å². The number of anilines is 1. The summed E-state index contributed by atoms with van der Waals surface area (Å²) in [6, 6.07) is 6.29. The molecule has 3 N–H and O–H groups in total. The number of benzene rings is 1. The van der Waals surface area contributed by atoms with Gasteiger partial charge in [-0.05, 0) is 32.3 Å². The zero-order valence-electron chi connectivity index (χ0n) is 14.5. The molecule has 1 aromatic carbocycles. The fourth-order valence-electron chi connectivity index (χ4n) is 3.07. The van der Waals surface area contributed by atoms with Crippen LogP contribution in [-0.4, -0.2) is 30.6 Å². The van der Waals surface area contributed by atoms with Crippen LogP contribution in [0.25, 0.3) is 11.3 Å². The van der Waals surface area contributed by atoms with Gasteiger partial charge in [0.05, 0.1) is 11.1 Å². The fraction of sp³-hybridized carbons (Fsp3) is 0.444. The number of aromatic nitrogens is 1. The molecule has 1 aliphatic rings. The molecule has 25 heavy (non-hydrogen) atoms. The zero-order chi connectivity index (χ0) is 17.2. The van der Waals surface area contributed by atoms with Crippen molar-refractivity contribution in [2.75, 3.05) is 25.1 Å². The molecule has 1 aromatic heterocycles. The number of nitrogens with zero attached hydrogens (tertiary/aromatic N) is 1. The van der Waals surface area contributed by atoms with E-state index in [2.05, 4.69) is 42.3 Å². The van der Waals surface area contributed by atoms with E-state index in [0.717, 1.165) is 11.3 Å². The lowest BCUT2D eigenvalue weighted by molar-refractivity contribution is -0.130. The summed E-state index contributed by atoms with van der Waals surface area (Å²) in [4.78, 5) is 17.3. The normalized spacial score (nSPS) is 16.1. The molecule has 0 unspecified atom stereocenters. The number of nitrogens with one attached hydrogen (secondary N) is 1. The molecule has 0 aliphatic carbocycles. The number of hydrogen-bond acceptors (Lipinski definition) is 5. The molecule has 0 radical (unpaired) electrons. The number of rotatable bonds is 4. The molecule has 1 fully saturated rings. The quantitative estimate of drug-likeness (QED) is 0.849.